The van der Waals surface area contributed by atoms with E-state index in [1.807, 2.05) is 42.5 Å². The van der Waals surface area contributed by atoms with Gasteiger partial charge in [-0.25, -0.2) is 4.79 Å². The standard InChI is InChI=1S/C24H26O4S2/c1-27-20-13-19-21(12-17(20)15-28-14-16-8-4-2-5-9-16)30-23(24(25)26)22(19)29-18-10-6-3-7-11-18/h2,4-5,8-9,12-13,18H,3,6-7,10-11,14-15H2,1H3,(H,25,26). The molecule has 3 aromatic rings. The molecular formula is C24H26O4S2. The highest BCUT2D eigenvalue weighted by Crippen LogP contribution is 2.45. The number of methoxy groups -OCH3 is 1. The molecule has 30 heavy (non-hydrogen) atoms. The van der Waals surface area contributed by atoms with Gasteiger partial charge < -0.3 is 14.6 Å². The molecule has 0 bridgehead atoms. The summed E-state index contributed by atoms with van der Waals surface area (Å²) in [5.74, 6) is -0.105. The van der Waals surface area contributed by atoms with Gasteiger partial charge in [-0.3, -0.25) is 0 Å². The lowest BCUT2D eigenvalue weighted by molar-refractivity contribution is 0.0699. The van der Waals surface area contributed by atoms with E-state index in [1.165, 1.54) is 30.6 Å². The van der Waals surface area contributed by atoms with Crippen molar-refractivity contribution < 1.29 is 19.4 Å². The first-order chi connectivity index (χ1) is 14.7. The zero-order valence-corrected chi connectivity index (χ0v) is 18.7. The van der Waals surface area contributed by atoms with Crippen molar-refractivity contribution >= 4 is 39.2 Å². The van der Waals surface area contributed by atoms with Gasteiger partial charge in [0.05, 0.1) is 20.3 Å². The number of carbonyl (C=O) groups is 1. The van der Waals surface area contributed by atoms with Crippen LogP contribution in [-0.2, 0) is 18.0 Å². The number of benzene rings is 2. The third-order valence-electron chi connectivity index (χ3n) is 5.45. The minimum atomic E-state index is -0.852. The molecule has 1 aliphatic carbocycles. The van der Waals surface area contributed by atoms with Gasteiger partial charge in [0.25, 0.3) is 0 Å². The predicted molar refractivity (Wildman–Crippen MR) is 123 cm³/mol. The quantitative estimate of drug-likeness (QED) is 0.418. The van der Waals surface area contributed by atoms with Crippen molar-refractivity contribution in [1.82, 2.24) is 0 Å². The molecule has 158 valence electrons. The monoisotopic (exact) mass is 442 g/mol. The molecule has 1 saturated carbocycles. The summed E-state index contributed by atoms with van der Waals surface area (Å²) in [6, 6.07) is 14.1. The molecule has 1 aliphatic rings. The topological polar surface area (TPSA) is 55.8 Å². The number of rotatable bonds is 8. The summed E-state index contributed by atoms with van der Waals surface area (Å²) in [6.45, 7) is 0.940. The Kier molecular flexibility index (Phi) is 6.97. The van der Waals surface area contributed by atoms with E-state index in [1.54, 1.807) is 18.9 Å². The van der Waals surface area contributed by atoms with Crippen LogP contribution in [0.5, 0.6) is 5.75 Å². The summed E-state index contributed by atoms with van der Waals surface area (Å²) in [7, 11) is 1.65. The van der Waals surface area contributed by atoms with Crippen molar-refractivity contribution in [2.75, 3.05) is 7.11 Å². The summed E-state index contributed by atoms with van der Waals surface area (Å²) >= 11 is 3.09. The molecule has 4 nitrogen and oxygen atoms in total. The molecule has 4 rings (SSSR count). The van der Waals surface area contributed by atoms with E-state index >= 15 is 0 Å². The van der Waals surface area contributed by atoms with E-state index in [-0.39, 0.29) is 0 Å². The van der Waals surface area contributed by atoms with E-state index in [0.29, 0.717) is 23.3 Å². The third-order valence-corrected chi connectivity index (χ3v) is 8.18. The highest BCUT2D eigenvalue weighted by atomic mass is 32.2. The van der Waals surface area contributed by atoms with Gasteiger partial charge in [0.15, 0.2) is 0 Å². The van der Waals surface area contributed by atoms with Gasteiger partial charge in [-0.2, -0.15) is 0 Å². The van der Waals surface area contributed by atoms with Gasteiger partial charge in [-0.05, 0) is 30.5 Å². The van der Waals surface area contributed by atoms with Crippen LogP contribution in [0.1, 0.15) is 52.9 Å². The lowest BCUT2D eigenvalue weighted by Crippen LogP contribution is -2.08. The van der Waals surface area contributed by atoms with Gasteiger partial charge >= 0.3 is 5.97 Å². The number of ether oxygens (including phenoxy) is 2. The zero-order valence-electron chi connectivity index (χ0n) is 17.1. The molecule has 0 atom stereocenters. The Morgan fingerprint density at radius 1 is 1.13 bits per heavy atom. The molecule has 0 aliphatic heterocycles. The van der Waals surface area contributed by atoms with Crippen LogP contribution in [0.2, 0.25) is 0 Å². The second-order valence-electron chi connectivity index (χ2n) is 7.58. The van der Waals surface area contributed by atoms with E-state index in [2.05, 4.69) is 0 Å². The van der Waals surface area contributed by atoms with E-state index in [9.17, 15) is 9.90 Å². The van der Waals surface area contributed by atoms with E-state index in [0.717, 1.165) is 44.7 Å². The first-order valence-corrected chi connectivity index (χ1v) is 12.0. The number of hydrogen-bond donors (Lipinski definition) is 1. The summed E-state index contributed by atoms with van der Waals surface area (Å²) in [5.41, 5.74) is 2.06. The second kappa shape index (κ2) is 9.86. The Bertz CT molecular complexity index is 1010. The fourth-order valence-corrected chi connectivity index (χ4v) is 6.61. The number of thiophene rings is 1. The van der Waals surface area contributed by atoms with Crippen LogP contribution in [0, 0.1) is 0 Å². The Labute approximate surface area is 185 Å². The molecule has 0 unspecified atom stereocenters. The lowest BCUT2D eigenvalue weighted by Gasteiger charge is -2.21. The molecule has 0 spiro atoms. The molecular weight excluding hydrogens is 416 g/mol. The first kappa shape index (κ1) is 21.2. The highest BCUT2D eigenvalue weighted by Gasteiger charge is 2.24. The molecule has 0 saturated heterocycles. The second-order valence-corrected chi connectivity index (χ2v) is 9.94. The normalized spacial score (nSPS) is 14.8. The molecule has 0 amide bonds. The number of carboxylic acids is 1. The van der Waals surface area contributed by atoms with E-state index in [4.69, 9.17) is 9.47 Å². The number of carboxylic acid groups (broad SMARTS) is 1. The smallest absolute Gasteiger partial charge is 0.347 e. The Morgan fingerprint density at radius 3 is 2.60 bits per heavy atom. The average Bonchev–Trinajstić information content (AvgIpc) is 3.12. The van der Waals surface area contributed by atoms with Gasteiger partial charge in [-0.1, -0.05) is 49.6 Å². The number of thioether (sulfide) groups is 1. The largest absolute Gasteiger partial charge is 0.496 e. The SMILES string of the molecule is COc1cc2c(SC3CCCCC3)c(C(=O)O)sc2cc1COCc1ccccc1. The highest BCUT2D eigenvalue weighted by molar-refractivity contribution is 8.00. The van der Waals surface area contributed by atoms with Crippen molar-refractivity contribution in [3.8, 4) is 5.75 Å². The van der Waals surface area contributed by atoms with Crippen molar-refractivity contribution in [3.63, 3.8) is 0 Å². The Morgan fingerprint density at radius 2 is 1.90 bits per heavy atom. The summed E-state index contributed by atoms with van der Waals surface area (Å²) in [6.07, 6.45) is 6.06. The third kappa shape index (κ3) is 4.82. The van der Waals surface area contributed by atoms with Gasteiger partial charge in [0.2, 0.25) is 0 Å². The van der Waals surface area contributed by atoms with Gasteiger partial charge in [-0.15, -0.1) is 23.1 Å². The zero-order chi connectivity index (χ0) is 20.9. The van der Waals surface area contributed by atoms with E-state index < -0.39 is 5.97 Å². The lowest BCUT2D eigenvalue weighted by atomic mass is 10.0. The molecule has 0 radical (unpaired) electrons. The fourth-order valence-electron chi connectivity index (χ4n) is 3.91. The number of fused-ring (bicyclic) bond motifs is 1. The predicted octanol–water partition coefficient (Wildman–Crippen LogP) is 6.75. The van der Waals surface area contributed by atoms with Crippen molar-refractivity contribution in [1.29, 1.82) is 0 Å². The summed E-state index contributed by atoms with van der Waals surface area (Å²) in [4.78, 5) is 13.3. The Balaban J connectivity index is 1.60. The molecule has 1 N–H and O–H groups in total. The van der Waals surface area contributed by atoms with Gasteiger partial charge in [0, 0.05) is 25.8 Å². The first-order valence-electron chi connectivity index (χ1n) is 10.3. The maximum atomic E-state index is 11.9. The molecule has 6 heteroatoms. The van der Waals surface area contributed by atoms with Crippen molar-refractivity contribution in [2.24, 2.45) is 0 Å². The van der Waals surface area contributed by atoms with Crippen LogP contribution in [-0.4, -0.2) is 23.4 Å². The average molecular weight is 443 g/mol. The summed E-state index contributed by atoms with van der Waals surface area (Å²) < 4.78 is 12.5. The molecule has 1 heterocycles. The molecule has 1 fully saturated rings. The van der Waals surface area contributed by atoms with Gasteiger partial charge in [0.1, 0.15) is 10.6 Å². The van der Waals surface area contributed by atoms with Crippen LogP contribution in [0.4, 0.5) is 0 Å². The van der Waals surface area contributed by atoms with Crippen LogP contribution >= 0.6 is 23.1 Å². The van der Waals surface area contributed by atoms with Crippen LogP contribution in [0.3, 0.4) is 0 Å². The van der Waals surface area contributed by atoms with Crippen LogP contribution in [0.15, 0.2) is 47.4 Å². The summed E-state index contributed by atoms with van der Waals surface area (Å²) in [5, 5.41) is 11.3. The van der Waals surface area contributed by atoms with Crippen molar-refractivity contribution in [2.45, 2.75) is 55.5 Å². The van der Waals surface area contributed by atoms with Crippen molar-refractivity contribution in [3.05, 3.63) is 58.5 Å². The fraction of sp³-hybridized carbons (Fsp3) is 0.375. The maximum Gasteiger partial charge on any atom is 0.347 e. The number of hydrogen-bond acceptors (Lipinski definition) is 5. The molecule has 2 aromatic carbocycles. The number of aromatic carboxylic acids is 1. The maximum absolute atomic E-state index is 11.9. The minimum absolute atomic E-state index is 0.416. The van der Waals surface area contributed by atoms with Crippen LogP contribution in [0.25, 0.3) is 10.1 Å². The Hall–Kier alpha value is -2.02. The molecule has 1 aromatic heterocycles. The minimum Gasteiger partial charge on any atom is -0.496 e. The van der Waals surface area contributed by atoms with Crippen LogP contribution < -0.4 is 4.74 Å².